The van der Waals surface area contributed by atoms with Crippen molar-refractivity contribution < 1.29 is 9.59 Å². The van der Waals surface area contributed by atoms with E-state index in [1.165, 1.54) is 0 Å². The van der Waals surface area contributed by atoms with Gasteiger partial charge in [0.15, 0.2) is 5.69 Å². The predicted molar refractivity (Wildman–Crippen MR) is 156 cm³/mol. The van der Waals surface area contributed by atoms with Crippen LogP contribution in [-0.4, -0.2) is 60.9 Å². The average Bonchev–Trinajstić information content (AvgIpc) is 3.66. The molecule has 0 unspecified atom stereocenters. The molecule has 9 nitrogen and oxygen atoms in total. The molecule has 0 bridgehead atoms. The van der Waals surface area contributed by atoms with Crippen LogP contribution in [0.4, 0.5) is 5.69 Å². The fourth-order valence-corrected chi connectivity index (χ4v) is 6.11. The zero-order valence-corrected chi connectivity index (χ0v) is 23.3. The Morgan fingerprint density at radius 2 is 1.90 bits per heavy atom. The Morgan fingerprint density at radius 1 is 1.10 bits per heavy atom. The normalized spacial score (nSPS) is 16.5. The molecule has 5 heterocycles. The van der Waals surface area contributed by atoms with Crippen LogP contribution in [0.15, 0.2) is 61.1 Å². The van der Waals surface area contributed by atoms with E-state index in [2.05, 4.69) is 27.0 Å². The number of carbonyl (C=O) groups excluding carboxylic acids is 2. The fraction of sp³-hybridized carbons (Fsp3) is 0.226. The van der Waals surface area contributed by atoms with Crippen molar-refractivity contribution in [2.24, 2.45) is 7.05 Å². The van der Waals surface area contributed by atoms with Crippen LogP contribution in [0.5, 0.6) is 0 Å². The van der Waals surface area contributed by atoms with Gasteiger partial charge in [-0.05, 0) is 29.7 Å². The number of nitrogens with zero attached hydrogens (tertiary/aromatic N) is 6. The van der Waals surface area contributed by atoms with Crippen molar-refractivity contribution >= 4 is 40.0 Å². The number of benzene rings is 2. The molecule has 0 spiro atoms. The first-order chi connectivity index (χ1) is 19.9. The number of anilines is 1. The number of carbonyl (C=O) groups is 2. The first-order valence-electron chi connectivity index (χ1n) is 13.4. The van der Waals surface area contributed by atoms with Crippen molar-refractivity contribution in [3.8, 4) is 11.8 Å². The van der Waals surface area contributed by atoms with E-state index in [0.717, 1.165) is 44.4 Å². The van der Waals surface area contributed by atoms with Crippen LogP contribution in [0.3, 0.4) is 0 Å². The largest absolute Gasteiger partial charge is 0.361 e. The highest BCUT2D eigenvalue weighted by molar-refractivity contribution is 6.31. The van der Waals surface area contributed by atoms with E-state index >= 15 is 0 Å². The summed E-state index contributed by atoms with van der Waals surface area (Å²) in [5.74, 6) is 5.92. The molecule has 0 fully saturated rings. The molecule has 1 N–H and O–H groups in total. The maximum absolute atomic E-state index is 13.9. The van der Waals surface area contributed by atoms with Crippen molar-refractivity contribution in [1.29, 1.82) is 0 Å². The van der Waals surface area contributed by atoms with Gasteiger partial charge in [0.1, 0.15) is 11.2 Å². The SMILES string of the molecule is CN1C(=O)[C@@H](N2CCc3c(nn(Cc4ccccc4)c3Cl)C2=O)Cc2c[nH]c3cc(C#Cc4cnn(C)c4)cc1c23. The lowest BCUT2D eigenvalue weighted by atomic mass is 10.00. The van der Waals surface area contributed by atoms with Crippen LogP contribution in [-0.2, 0) is 31.2 Å². The predicted octanol–water partition coefficient (Wildman–Crippen LogP) is 3.79. The molecule has 1 atom stereocenters. The maximum Gasteiger partial charge on any atom is 0.275 e. The monoisotopic (exact) mass is 563 g/mol. The van der Waals surface area contributed by atoms with Crippen molar-refractivity contribution in [2.75, 3.05) is 18.5 Å². The summed E-state index contributed by atoms with van der Waals surface area (Å²) in [5, 5.41) is 10.2. The summed E-state index contributed by atoms with van der Waals surface area (Å²) in [7, 11) is 3.61. The molecule has 10 heteroatoms. The van der Waals surface area contributed by atoms with Gasteiger partial charge in [-0.15, -0.1) is 0 Å². The molecule has 3 aromatic heterocycles. The number of aromatic amines is 1. The molecule has 41 heavy (non-hydrogen) atoms. The highest BCUT2D eigenvalue weighted by Crippen LogP contribution is 2.37. The Hall–Kier alpha value is -4.81. The van der Waals surface area contributed by atoms with Crippen LogP contribution in [0, 0.1) is 11.8 Å². The summed E-state index contributed by atoms with van der Waals surface area (Å²) in [5.41, 5.74) is 6.33. The van der Waals surface area contributed by atoms with Crippen LogP contribution in [0.2, 0.25) is 5.15 Å². The second-order valence-electron chi connectivity index (χ2n) is 10.5. The van der Waals surface area contributed by atoms with Gasteiger partial charge < -0.3 is 14.8 Å². The van der Waals surface area contributed by atoms with E-state index in [1.807, 2.05) is 61.9 Å². The molecule has 2 aromatic carbocycles. The van der Waals surface area contributed by atoms with E-state index < -0.39 is 6.04 Å². The molecule has 0 saturated heterocycles. The maximum atomic E-state index is 13.9. The van der Waals surface area contributed by atoms with Crippen molar-refractivity contribution in [3.05, 3.63) is 99.7 Å². The lowest BCUT2D eigenvalue weighted by Crippen LogP contribution is -2.53. The van der Waals surface area contributed by atoms with Crippen LogP contribution in [0.1, 0.15) is 38.3 Å². The number of likely N-dealkylation sites (N-methyl/N-ethyl adjacent to an activating group) is 1. The van der Waals surface area contributed by atoms with E-state index in [4.69, 9.17) is 11.6 Å². The number of hydrogen-bond acceptors (Lipinski definition) is 4. The van der Waals surface area contributed by atoms with Gasteiger partial charge in [-0.2, -0.15) is 10.2 Å². The van der Waals surface area contributed by atoms with Crippen LogP contribution >= 0.6 is 11.6 Å². The molecule has 204 valence electrons. The lowest BCUT2D eigenvalue weighted by molar-refractivity contribution is -0.122. The summed E-state index contributed by atoms with van der Waals surface area (Å²) in [6, 6.07) is 13.1. The van der Waals surface area contributed by atoms with Crippen molar-refractivity contribution in [1.82, 2.24) is 29.4 Å². The summed E-state index contributed by atoms with van der Waals surface area (Å²) in [6.45, 7) is 0.853. The van der Waals surface area contributed by atoms with Crippen LogP contribution < -0.4 is 4.90 Å². The Morgan fingerprint density at radius 3 is 2.68 bits per heavy atom. The van der Waals surface area contributed by atoms with Crippen molar-refractivity contribution in [2.45, 2.75) is 25.4 Å². The molecule has 0 saturated carbocycles. The Balaban J connectivity index is 1.20. The molecule has 2 aliphatic rings. The first kappa shape index (κ1) is 25.2. The minimum absolute atomic E-state index is 0.147. The smallest absolute Gasteiger partial charge is 0.275 e. The third-order valence-corrected chi connectivity index (χ3v) is 8.31. The molecule has 0 aliphatic carbocycles. The van der Waals surface area contributed by atoms with Crippen LogP contribution in [0.25, 0.3) is 10.9 Å². The molecule has 5 aromatic rings. The molecule has 2 aliphatic heterocycles. The van der Waals surface area contributed by atoms with Gasteiger partial charge in [0.25, 0.3) is 5.91 Å². The second kappa shape index (κ2) is 9.68. The summed E-state index contributed by atoms with van der Waals surface area (Å²) >= 11 is 6.68. The first-order valence-corrected chi connectivity index (χ1v) is 13.8. The fourth-order valence-electron chi connectivity index (χ4n) is 5.82. The third-order valence-electron chi connectivity index (χ3n) is 7.89. The topological polar surface area (TPSA) is 92.1 Å². The average molecular weight is 564 g/mol. The van der Waals surface area contributed by atoms with Gasteiger partial charge in [-0.1, -0.05) is 53.8 Å². The van der Waals surface area contributed by atoms with Gasteiger partial charge in [0.05, 0.1) is 24.0 Å². The minimum Gasteiger partial charge on any atom is -0.361 e. The second-order valence-corrected chi connectivity index (χ2v) is 10.9. The molecule has 0 radical (unpaired) electrons. The van der Waals surface area contributed by atoms with Gasteiger partial charge in [-0.3, -0.25) is 14.3 Å². The van der Waals surface area contributed by atoms with E-state index in [9.17, 15) is 9.59 Å². The number of nitrogens with one attached hydrogen (secondary N) is 1. The third kappa shape index (κ3) is 4.28. The standard InChI is InChI=1S/C31H26ClN7O2/c1-36-17-21(15-34-36)9-8-20-12-24-27-22(16-33-24)14-26(30(40)37(2)25(27)13-20)38-11-10-23-28(31(38)41)35-39(29(23)32)18-19-6-4-3-5-7-19/h3-7,12-13,15-17,26,33H,10-11,14,18H2,1-2H3/t26-/m0/s1. The van der Waals surface area contributed by atoms with E-state index in [1.54, 1.807) is 32.4 Å². The number of fused-ring (bicyclic) bond motifs is 1. The van der Waals surface area contributed by atoms with Gasteiger partial charge in [0.2, 0.25) is 5.91 Å². The number of rotatable bonds is 3. The molecule has 7 rings (SSSR count). The Labute approximate surface area is 241 Å². The van der Waals surface area contributed by atoms with E-state index in [0.29, 0.717) is 36.8 Å². The zero-order valence-electron chi connectivity index (χ0n) is 22.6. The molecular formula is C31H26ClN7O2. The number of amides is 2. The Bertz CT molecular complexity index is 1910. The quantitative estimate of drug-likeness (QED) is 0.338. The zero-order chi connectivity index (χ0) is 28.2. The number of aryl methyl sites for hydroxylation is 1. The minimum atomic E-state index is -0.671. The summed E-state index contributed by atoms with van der Waals surface area (Å²) in [4.78, 5) is 34.4. The Kier molecular flexibility index (Phi) is 5.94. The number of aromatic nitrogens is 5. The molecular weight excluding hydrogens is 538 g/mol. The van der Waals surface area contributed by atoms with Crippen molar-refractivity contribution in [3.63, 3.8) is 0 Å². The van der Waals surface area contributed by atoms with E-state index in [-0.39, 0.29) is 11.8 Å². The number of H-pyrrole nitrogens is 1. The summed E-state index contributed by atoms with van der Waals surface area (Å²) in [6.07, 6.45) is 6.43. The number of halogens is 1. The summed E-state index contributed by atoms with van der Waals surface area (Å²) < 4.78 is 3.38. The molecule has 2 amide bonds. The lowest BCUT2D eigenvalue weighted by Gasteiger charge is -2.34. The van der Waals surface area contributed by atoms with Gasteiger partial charge in [0, 0.05) is 61.5 Å². The van der Waals surface area contributed by atoms with Gasteiger partial charge in [-0.25, -0.2) is 4.68 Å². The van der Waals surface area contributed by atoms with Gasteiger partial charge >= 0.3 is 0 Å². The number of hydrogen-bond donors (Lipinski definition) is 1. The highest BCUT2D eigenvalue weighted by atomic mass is 35.5. The highest BCUT2D eigenvalue weighted by Gasteiger charge is 2.40.